The van der Waals surface area contributed by atoms with Crippen LogP contribution in [0.1, 0.15) is 30.3 Å². The molecule has 6 nitrogen and oxygen atoms in total. The van der Waals surface area contributed by atoms with Crippen LogP contribution in [0, 0.1) is 18.6 Å². The van der Waals surface area contributed by atoms with Crippen LogP contribution in [0.5, 0.6) is 5.88 Å². The quantitative estimate of drug-likeness (QED) is 0.700. The summed E-state index contributed by atoms with van der Waals surface area (Å²) in [5.74, 6) is -0.389. The second-order valence-electron chi connectivity index (χ2n) is 6.43. The molecule has 140 valence electrons. The maximum atomic E-state index is 14.5. The van der Waals surface area contributed by atoms with E-state index in [4.69, 9.17) is 9.47 Å². The summed E-state index contributed by atoms with van der Waals surface area (Å²) in [6, 6.07) is 3.38. The largest absolute Gasteiger partial charge is 0.480 e. The predicted molar refractivity (Wildman–Crippen MR) is 94.6 cm³/mol. The Bertz CT molecular complexity index is 1010. The van der Waals surface area contributed by atoms with Crippen molar-refractivity contribution in [2.45, 2.75) is 25.7 Å². The number of ether oxygens (including phenoxy) is 2. The summed E-state index contributed by atoms with van der Waals surface area (Å²) in [5, 5.41) is 0. The Kier molecular flexibility index (Phi) is 4.65. The van der Waals surface area contributed by atoms with E-state index in [9.17, 15) is 8.78 Å². The van der Waals surface area contributed by atoms with Crippen molar-refractivity contribution in [2.75, 3.05) is 20.3 Å². The van der Waals surface area contributed by atoms with Crippen molar-refractivity contribution in [3.8, 4) is 17.1 Å². The van der Waals surface area contributed by atoms with Crippen LogP contribution in [0.25, 0.3) is 22.4 Å². The van der Waals surface area contributed by atoms with Gasteiger partial charge in [-0.25, -0.2) is 28.7 Å². The maximum Gasteiger partial charge on any atom is 0.235 e. The number of nitrogens with zero attached hydrogens (tertiary/aromatic N) is 4. The summed E-state index contributed by atoms with van der Waals surface area (Å²) >= 11 is 0. The number of methoxy groups -OCH3 is 1. The summed E-state index contributed by atoms with van der Waals surface area (Å²) in [6.07, 6.45) is 1.55. The number of fused-ring (bicyclic) bond motifs is 1. The van der Waals surface area contributed by atoms with E-state index in [0.29, 0.717) is 41.8 Å². The van der Waals surface area contributed by atoms with Gasteiger partial charge in [-0.15, -0.1) is 0 Å². The van der Waals surface area contributed by atoms with E-state index in [1.165, 1.54) is 19.2 Å². The van der Waals surface area contributed by atoms with Gasteiger partial charge in [0.1, 0.15) is 34.4 Å². The highest BCUT2D eigenvalue weighted by molar-refractivity contribution is 5.87. The highest BCUT2D eigenvalue weighted by Crippen LogP contribution is 2.32. The van der Waals surface area contributed by atoms with Crippen molar-refractivity contribution in [3.63, 3.8) is 0 Å². The molecule has 0 N–H and O–H groups in total. The lowest BCUT2D eigenvalue weighted by Crippen LogP contribution is -2.17. The molecule has 0 saturated carbocycles. The Morgan fingerprint density at radius 3 is 2.56 bits per heavy atom. The van der Waals surface area contributed by atoms with Crippen LogP contribution in [0.15, 0.2) is 18.2 Å². The molecule has 0 bridgehead atoms. The first-order valence-electron chi connectivity index (χ1n) is 8.70. The number of rotatable bonds is 3. The number of aryl methyl sites for hydroxylation is 1. The lowest BCUT2D eigenvalue weighted by molar-refractivity contribution is 0.0836. The van der Waals surface area contributed by atoms with Crippen molar-refractivity contribution in [1.29, 1.82) is 0 Å². The smallest absolute Gasteiger partial charge is 0.235 e. The first-order chi connectivity index (χ1) is 13.1. The van der Waals surface area contributed by atoms with Crippen LogP contribution < -0.4 is 4.74 Å². The van der Waals surface area contributed by atoms with E-state index < -0.39 is 11.6 Å². The van der Waals surface area contributed by atoms with Gasteiger partial charge in [-0.05, 0) is 31.9 Å². The van der Waals surface area contributed by atoms with Crippen LogP contribution in [-0.2, 0) is 4.74 Å². The third-order valence-electron chi connectivity index (χ3n) is 4.65. The van der Waals surface area contributed by atoms with Gasteiger partial charge in [-0.1, -0.05) is 0 Å². The fourth-order valence-electron chi connectivity index (χ4n) is 3.23. The van der Waals surface area contributed by atoms with Crippen molar-refractivity contribution < 1.29 is 18.3 Å². The van der Waals surface area contributed by atoms with Crippen molar-refractivity contribution in [1.82, 2.24) is 19.9 Å². The zero-order valence-electron chi connectivity index (χ0n) is 15.0. The van der Waals surface area contributed by atoms with Crippen molar-refractivity contribution in [3.05, 3.63) is 41.4 Å². The summed E-state index contributed by atoms with van der Waals surface area (Å²) in [4.78, 5) is 18.1. The predicted octanol–water partition coefficient (Wildman–Crippen LogP) is 3.58. The standard InChI is InChI=1S/C19H18F2N4O2/c1-10-19(26-2)24-16-15(13-4-3-12(20)9-14(13)21)23-17(25-18(16)22-10)11-5-7-27-8-6-11/h3-4,9,11H,5-8H2,1-2H3. The SMILES string of the molecule is COc1nc2c(-c3ccc(F)cc3F)nc(C3CCOCC3)nc2nc1C. The normalized spacial score (nSPS) is 15.3. The van der Waals surface area contributed by atoms with Gasteiger partial charge in [-0.3, -0.25) is 0 Å². The molecule has 3 aromatic rings. The molecule has 27 heavy (non-hydrogen) atoms. The summed E-state index contributed by atoms with van der Waals surface area (Å²) in [7, 11) is 1.48. The van der Waals surface area contributed by atoms with E-state index in [0.717, 1.165) is 18.9 Å². The molecule has 4 rings (SSSR count). The number of hydrogen-bond acceptors (Lipinski definition) is 6. The molecule has 1 aliphatic heterocycles. The third-order valence-corrected chi connectivity index (χ3v) is 4.65. The number of aromatic nitrogens is 4. The molecular weight excluding hydrogens is 354 g/mol. The molecule has 0 unspecified atom stereocenters. The van der Waals surface area contributed by atoms with Crippen LogP contribution >= 0.6 is 0 Å². The highest BCUT2D eigenvalue weighted by atomic mass is 19.1. The first kappa shape index (κ1) is 17.7. The minimum absolute atomic E-state index is 0.0922. The molecule has 1 saturated heterocycles. The molecule has 0 aliphatic carbocycles. The van der Waals surface area contributed by atoms with Gasteiger partial charge in [0.15, 0.2) is 5.65 Å². The van der Waals surface area contributed by atoms with Crippen LogP contribution in [-0.4, -0.2) is 40.3 Å². The Balaban J connectivity index is 1.97. The first-order valence-corrected chi connectivity index (χ1v) is 8.70. The van der Waals surface area contributed by atoms with Gasteiger partial charge in [0, 0.05) is 30.8 Å². The summed E-state index contributed by atoms with van der Waals surface area (Å²) < 4.78 is 38.5. The van der Waals surface area contributed by atoms with Gasteiger partial charge < -0.3 is 9.47 Å². The fourth-order valence-corrected chi connectivity index (χ4v) is 3.23. The third kappa shape index (κ3) is 3.32. The lowest BCUT2D eigenvalue weighted by atomic mass is 9.99. The monoisotopic (exact) mass is 372 g/mol. The van der Waals surface area contributed by atoms with E-state index in [1.54, 1.807) is 6.92 Å². The maximum absolute atomic E-state index is 14.5. The van der Waals surface area contributed by atoms with E-state index in [-0.39, 0.29) is 17.2 Å². The number of halogens is 2. The van der Waals surface area contributed by atoms with Gasteiger partial charge in [0.2, 0.25) is 5.88 Å². The lowest BCUT2D eigenvalue weighted by Gasteiger charge is -2.21. The minimum Gasteiger partial charge on any atom is -0.480 e. The Morgan fingerprint density at radius 2 is 1.85 bits per heavy atom. The summed E-state index contributed by atoms with van der Waals surface area (Å²) in [5.41, 5.74) is 1.69. The Morgan fingerprint density at radius 1 is 1.07 bits per heavy atom. The van der Waals surface area contributed by atoms with Crippen LogP contribution in [0.3, 0.4) is 0 Å². The Hall–Kier alpha value is -2.74. The van der Waals surface area contributed by atoms with E-state index >= 15 is 0 Å². The average molecular weight is 372 g/mol. The van der Waals surface area contributed by atoms with Crippen molar-refractivity contribution >= 4 is 11.2 Å². The molecule has 0 radical (unpaired) electrons. The summed E-state index contributed by atoms with van der Waals surface area (Å²) in [6.45, 7) is 3.01. The molecule has 1 aliphatic rings. The zero-order valence-corrected chi connectivity index (χ0v) is 15.0. The van der Waals surface area contributed by atoms with E-state index in [2.05, 4.69) is 19.9 Å². The topological polar surface area (TPSA) is 70.0 Å². The van der Waals surface area contributed by atoms with Gasteiger partial charge in [0.25, 0.3) is 0 Å². The minimum atomic E-state index is -0.714. The number of hydrogen-bond donors (Lipinski definition) is 0. The molecule has 8 heteroatoms. The van der Waals surface area contributed by atoms with Crippen LogP contribution in [0.2, 0.25) is 0 Å². The van der Waals surface area contributed by atoms with Crippen LogP contribution in [0.4, 0.5) is 8.78 Å². The second-order valence-corrected chi connectivity index (χ2v) is 6.43. The molecule has 1 fully saturated rings. The van der Waals surface area contributed by atoms with E-state index in [1.807, 2.05) is 0 Å². The molecule has 0 atom stereocenters. The number of benzene rings is 1. The Labute approximate surface area is 154 Å². The van der Waals surface area contributed by atoms with Gasteiger partial charge in [0.05, 0.1) is 7.11 Å². The molecule has 3 heterocycles. The highest BCUT2D eigenvalue weighted by Gasteiger charge is 2.23. The zero-order chi connectivity index (χ0) is 19.0. The molecule has 0 amide bonds. The average Bonchev–Trinajstić information content (AvgIpc) is 2.67. The molecule has 0 spiro atoms. The van der Waals surface area contributed by atoms with Gasteiger partial charge >= 0.3 is 0 Å². The van der Waals surface area contributed by atoms with Crippen molar-refractivity contribution in [2.24, 2.45) is 0 Å². The molecule has 2 aromatic heterocycles. The fraction of sp³-hybridized carbons (Fsp3) is 0.368. The van der Waals surface area contributed by atoms with Gasteiger partial charge in [-0.2, -0.15) is 0 Å². The second kappa shape index (κ2) is 7.11. The molecule has 1 aromatic carbocycles. The molecular formula is C19H18F2N4O2.